The molecule has 4 rings (SSSR count). The molecule has 0 N–H and O–H groups in total. The highest BCUT2D eigenvalue weighted by atomic mass is 16.7. The minimum absolute atomic E-state index is 0.234. The van der Waals surface area contributed by atoms with Crippen molar-refractivity contribution in [3.63, 3.8) is 0 Å². The number of carbonyl (C=O) groups excluding carboxylic acids is 2. The van der Waals surface area contributed by atoms with Crippen LogP contribution in [0.2, 0.25) is 0 Å². The largest absolute Gasteiger partial charge is 0.422 e. The van der Waals surface area contributed by atoms with Gasteiger partial charge in [-0.15, -0.1) is 0 Å². The van der Waals surface area contributed by atoms with E-state index < -0.39 is 23.1 Å². The molecule has 4 heteroatoms. The second-order valence-corrected chi connectivity index (χ2v) is 9.50. The zero-order chi connectivity index (χ0) is 17.7. The summed E-state index contributed by atoms with van der Waals surface area (Å²) in [6, 6.07) is 0. The molecule has 0 radical (unpaired) electrons. The molecule has 4 nitrogen and oxygen atoms in total. The van der Waals surface area contributed by atoms with Crippen LogP contribution in [0.15, 0.2) is 11.1 Å². The van der Waals surface area contributed by atoms with Crippen molar-refractivity contribution in [3.05, 3.63) is 11.1 Å². The number of fused-ring (bicyclic) bond motifs is 3. The number of ether oxygens (including phenoxy) is 2. The Morgan fingerprint density at radius 3 is 2.21 bits per heavy atom. The third-order valence-electron chi connectivity index (χ3n) is 7.41. The summed E-state index contributed by atoms with van der Waals surface area (Å²) >= 11 is 0. The Bertz CT molecular complexity index is 649. The first-order valence-corrected chi connectivity index (χ1v) is 9.19. The molecular weight excluding hydrogens is 304 g/mol. The van der Waals surface area contributed by atoms with Gasteiger partial charge < -0.3 is 9.47 Å². The first kappa shape index (κ1) is 16.2. The highest BCUT2D eigenvalue weighted by molar-refractivity contribution is 6.06. The quantitative estimate of drug-likeness (QED) is 0.384. The average Bonchev–Trinajstić information content (AvgIpc) is 3.00. The summed E-state index contributed by atoms with van der Waals surface area (Å²) in [5.74, 6) is -0.0160. The lowest BCUT2D eigenvalue weighted by atomic mass is 9.73. The Kier molecular flexibility index (Phi) is 2.99. The first-order chi connectivity index (χ1) is 11.0. The van der Waals surface area contributed by atoms with Crippen molar-refractivity contribution in [1.29, 1.82) is 0 Å². The molecule has 1 aliphatic heterocycles. The topological polar surface area (TPSA) is 52.6 Å². The van der Waals surface area contributed by atoms with Gasteiger partial charge in [-0.3, -0.25) is 9.59 Å². The van der Waals surface area contributed by atoms with E-state index in [0.29, 0.717) is 30.1 Å². The van der Waals surface area contributed by atoms with E-state index in [4.69, 9.17) is 9.47 Å². The monoisotopic (exact) mass is 332 g/mol. The van der Waals surface area contributed by atoms with Crippen LogP contribution in [0.3, 0.4) is 0 Å². The van der Waals surface area contributed by atoms with Crippen LogP contribution >= 0.6 is 0 Å². The van der Waals surface area contributed by atoms with Gasteiger partial charge in [0.2, 0.25) is 0 Å². The Hall–Kier alpha value is -1.32. The third kappa shape index (κ3) is 1.75. The number of esters is 2. The molecule has 0 unspecified atom stereocenters. The minimum Gasteiger partial charge on any atom is -0.422 e. The van der Waals surface area contributed by atoms with Crippen LogP contribution in [0.4, 0.5) is 0 Å². The van der Waals surface area contributed by atoms with Gasteiger partial charge in [0.1, 0.15) is 0 Å². The van der Waals surface area contributed by atoms with E-state index in [0.717, 1.165) is 5.57 Å². The maximum absolute atomic E-state index is 12.9. The van der Waals surface area contributed by atoms with E-state index in [1.165, 1.54) is 18.4 Å². The summed E-state index contributed by atoms with van der Waals surface area (Å²) < 4.78 is 11.0. The van der Waals surface area contributed by atoms with Gasteiger partial charge in [0.25, 0.3) is 5.79 Å². The molecule has 0 bridgehead atoms. The standard InChI is InChI=1S/C20H28O4/c1-10-12-7-8-18(3,4)15(12)14-11(2)20(9-13(10)14)16(21)23-19(5,6)24-17(20)22/h10,12-13,15H,7-9H2,1-6H3/t10-,12+,13-,15-/m1/s1. The number of carbonyl (C=O) groups is 2. The summed E-state index contributed by atoms with van der Waals surface area (Å²) in [4.78, 5) is 25.8. The molecule has 24 heavy (non-hydrogen) atoms. The number of rotatable bonds is 0. The summed E-state index contributed by atoms with van der Waals surface area (Å²) in [6.45, 7) is 12.2. The van der Waals surface area contributed by atoms with Gasteiger partial charge in [0, 0.05) is 13.8 Å². The summed E-state index contributed by atoms with van der Waals surface area (Å²) in [5.41, 5.74) is 1.32. The number of hydrogen-bond acceptors (Lipinski definition) is 4. The van der Waals surface area contributed by atoms with Crippen molar-refractivity contribution in [2.45, 2.75) is 66.6 Å². The Morgan fingerprint density at radius 2 is 1.62 bits per heavy atom. The molecule has 0 amide bonds. The SMILES string of the molecule is CC1=C2[C@H](CC13C(=O)OC(C)(C)OC3=O)[C@H](C)[C@@H]1CCC(C)(C)[C@@H]21. The fourth-order valence-corrected chi connectivity index (χ4v) is 6.20. The van der Waals surface area contributed by atoms with Gasteiger partial charge in [-0.2, -0.15) is 0 Å². The van der Waals surface area contributed by atoms with Gasteiger partial charge in [0.15, 0.2) is 5.41 Å². The predicted molar refractivity (Wildman–Crippen MR) is 88.7 cm³/mol. The van der Waals surface area contributed by atoms with Crippen LogP contribution < -0.4 is 0 Å². The second kappa shape index (κ2) is 4.44. The second-order valence-electron chi connectivity index (χ2n) is 9.50. The van der Waals surface area contributed by atoms with Crippen LogP contribution in [0.1, 0.15) is 60.8 Å². The molecule has 0 aromatic carbocycles. The molecule has 2 saturated carbocycles. The lowest BCUT2D eigenvalue weighted by molar-refractivity contribution is -0.248. The normalized spacial score (nSPS) is 41.2. The summed E-state index contributed by atoms with van der Waals surface area (Å²) in [7, 11) is 0. The smallest absolute Gasteiger partial charge is 0.331 e. The Balaban J connectivity index is 1.83. The van der Waals surface area contributed by atoms with Crippen molar-refractivity contribution in [1.82, 2.24) is 0 Å². The van der Waals surface area contributed by atoms with Crippen molar-refractivity contribution in [2.75, 3.05) is 0 Å². The van der Waals surface area contributed by atoms with E-state index >= 15 is 0 Å². The summed E-state index contributed by atoms with van der Waals surface area (Å²) in [6.07, 6.45) is 3.00. The lowest BCUT2D eigenvalue weighted by Gasteiger charge is -2.40. The molecule has 0 aromatic rings. The zero-order valence-corrected chi connectivity index (χ0v) is 15.6. The zero-order valence-electron chi connectivity index (χ0n) is 15.6. The number of hydrogen-bond donors (Lipinski definition) is 0. The van der Waals surface area contributed by atoms with E-state index in [9.17, 15) is 9.59 Å². The van der Waals surface area contributed by atoms with Crippen LogP contribution in [0, 0.1) is 34.5 Å². The maximum Gasteiger partial charge on any atom is 0.331 e. The average molecular weight is 332 g/mol. The van der Waals surface area contributed by atoms with Crippen LogP contribution in [0.5, 0.6) is 0 Å². The lowest BCUT2D eigenvalue weighted by Crippen LogP contribution is -2.54. The van der Waals surface area contributed by atoms with Crippen LogP contribution in [-0.2, 0) is 19.1 Å². The minimum atomic E-state index is -1.20. The van der Waals surface area contributed by atoms with Gasteiger partial charge >= 0.3 is 11.9 Å². The number of cyclic esters (lactones) is 2. The Morgan fingerprint density at radius 1 is 1.04 bits per heavy atom. The van der Waals surface area contributed by atoms with Crippen LogP contribution in [-0.4, -0.2) is 17.7 Å². The molecule has 4 atom stereocenters. The van der Waals surface area contributed by atoms with E-state index in [1.807, 2.05) is 6.92 Å². The Labute approximate surface area is 144 Å². The van der Waals surface area contributed by atoms with Crippen LogP contribution in [0.25, 0.3) is 0 Å². The maximum atomic E-state index is 12.9. The predicted octanol–water partition coefficient (Wildman–Crippen LogP) is 3.85. The van der Waals surface area contributed by atoms with Gasteiger partial charge in [-0.25, -0.2) is 0 Å². The molecule has 3 fully saturated rings. The highest BCUT2D eigenvalue weighted by Gasteiger charge is 2.67. The molecule has 3 aliphatic carbocycles. The molecule has 4 aliphatic rings. The molecule has 0 aromatic heterocycles. The third-order valence-corrected chi connectivity index (χ3v) is 7.41. The summed E-state index contributed by atoms with van der Waals surface area (Å²) in [5, 5.41) is 0. The number of allylic oxidation sites excluding steroid dienone is 1. The highest BCUT2D eigenvalue weighted by Crippen LogP contribution is 2.68. The van der Waals surface area contributed by atoms with Crippen molar-refractivity contribution in [3.8, 4) is 0 Å². The molecule has 1 heterocycles. The van der Waals surface area contributed by atoms with Crippen molar-refractivity contribution in [2.24, 2.45) is 34.5 Å². The molecule has 1 saturated heterocycles. The van der Waals surface area contributed by atoms with Crippen molar-refractivity contribution >= 4 is 11.9 Å². The van der Waals surface area contributed by atoms with Gasteiger partial charge in [-0.05, 0) is 60.8 Å². The molecule has 132 valence electrons. The van der Waals surface area contributed by atoms with E-state index in [2.05, 4.69) is 20.8 Å². The molecule has 1 spiro atoms. The first-order valence-electron chi connectivity index (χ1n) is 9.19. The molecular formula is C20H28O4. The fraction of sp³-hybridized carbons (Fsp3) is 0.800. The van der Waals surface area contributed by atoms with E-state index in [-0.39, 0.29) is 5.41 Å². The van der Waals surface area contributed by atoms with Crippen molar-refractivity contribution < 1.29 is 19.1 Å². The fourth-order valence-electron chi connectivity index (χ4n) is 6.20. The van der Waals surface area contributed by atoms with E-state index in [1.54, 1.807) is 13.8 Å². The van der Waals surface area contributed by atoms with Gasteiger partial charge in [0.05, 0.1) is 0 Å². The van der Waals surface area contributed by atoms with Gasteiger partial charge in [-0.1, -0.05) is 26.3 Å².